The number of hydrogen-bond acceptors (Lipinski definition) is 4. The maximum Gasteiger partial charge on any atom is 0.305 e. The van der Waals surface area contributed by atoms with Gasteiger partial charge in [0.25, 0.3) is 5.91 Å². The number of anilines is 1. The summed E-state index contributed by atoms with van der Waals surface area (Å²) in [5, 5.41) is 22.9. The van der Waals surface area contributed by atoms with Crippen molar-refractivity contribution in [2.45, 2.75) is 6.42 Å². The van der Waals surface area contributed by atoms with E-state index in [4.69, 9.17) is 16.2 Å². The lowest BCUT2D eigenvalue weighted by molar-refractivity contribution is -0.136. The zero-order valence-electron chi connectivity index (χ0n) is 11.7. The fourth-order valence-corrected chi connectivity index (χ4v) is 1.53. The molecule has 0 aliphatic rings. The van der Waals surface area contributed by atoms with Crippen molar-refractivity contribution in [1.82, 2.24) is 10.6 Å². The van der Waals surface area contributed by atoms with Crippen LogP contribution in [0.15, 0.2) is 24.3 Å². The van der Waals surface area contributed by atoms with Crippen LogP contribution in [-0.4, -0.2) is 41.9 Å². The van der Waals surface area contributed by atoms with Gasteiger partial charge >= 0.3 is 5.97 Å². The molecule has 0 unspecified atom stereocenters. The molecule has 118 valence electrons. The van der Waals surface area contributed by atoms with E-state index in [9.17, 15) is 14.4 Å². The zero-order valence-corrected chi connectivity index (χ0v) is 11.7. The van der Waals surface area contributed by atoms with Gasteiger partial charge in [-0.1, -0.05) is 6.07 Å². The van der Waals surface area contributed by atoms with Crippen LogP contribution >= 0.6 is 0 Å². The van der Waals surface area contributed by atoms with Crippen LogP contribution in [0.3, 0.4) is 0 Å². The highest BCUT2D eigenvalue weighted by Gasteiger charge is 2.09. The summed E-state index contributed by atoms with van der Waals surface area (Å²) >= 11 is 0. The molecule has 1 aromatic carbocycles. The number of carboxylic acid groups (broad SMARTS) is 1. The lowest BCUT2D eigenvalue weighted by atomic mass is 10.2. The van der Waals surface area contributed by atoms with Crippen LogP contribution in [0, 0.1) is 5.41 Å². The Balaban J connectivity index is 2.46. The largest absolute Gasteiger partial charge is 0.481 e. The Bertz CT molecular complexity index is 588. The number of amides is 2. The lowest BCUT2D eigenvalue weighted by Crippen LogP contribution is -2.37. The number of rotatable bonds is 7. The minimum Gasteiger partial charge on any atom is -0.481 e. The first-order valence-electron chi connectivity index (χ1n) is 6.36. The van der Waals surface area contributed by atoms with Crippen molar-refractivity contribution in [2.24, 2.45) is 5.73 Å². The molecular formula is C13H17N5O4. The number of carboxylic acids is 1. The number of carbonyl (C=O) groups excluding carboxylic acids is 2. The molecule has 1 rings (SSSR count). The van der Waals surface area contributed by atoms with Crippen molar-refractivity contribution in [3.8, 4) is 0 Å². The zero-order chi connectivity index (χ0) is 16.5. The molecule has 0 atom stereocenters. The van der Waals surface area contributed by atoms with Gasteiger partial charge in [0.2, 0.25) is 5.91 Å². The minimum absolute atomic E-state index is 0.00204. The van der Waals surface area contributed by atoms with Crippen molar-refractivity contribution in [3.63, 3.8) is 0 Å². The van der Waals surface area contributed by atoms with E-state index in [2.05, 4.69) is 16.0 Å². The normalized spacial score (nSPS) is 9.64. The molecule has 9 heteroatoms. The summed E-state index contributed by atoms with van der Waals surface area (Å²) in [6, 6.07) is 6.27. The van der Waals surface area contributed by atoms with Gasteiger partial charge in [0.15, 0.2) is 5.96 Å². The second kappa shape index (κ2) is 8.25. The highest BCUT2D eigenvalue weighted by Crippen LogP contribution is 2.09. The highest BCUT2D eigenvalue weighted by molar-refractivity contribution is 5.98. The van der Waals surface area contributed by atoms with Gasteiger partial charge in [-0.05, 0) is 18.2 Å². The summed E-state index contributed by atoms with van der Waals surface area (Å²) < 4.78 is 0. The van der Waals surface area contributed by atoms with E-state index < -0.39 is 17.8 Å². The first kappa shape index (κ1) is 17.0. The number of benzene rings is 1. The minimum atomic E-state index is -1.01. The van der Waals surface area contributed by atoms with Crippen molar-refractivity contribution in [3.05, 3.63) is 29.8 Å². The molecule has 9 nitrogen and oxygen atoms in total. The Morgan fingerprint density at radius 3 is 2.59 bits per heavy atom. The molecule has 1 aromatic rings. The van der Waals surface area contributed by atoms with Crippen molar-refractivity contribution >= 4 is 29.4 Å². The third-order valence-electron chi connectivity index (χ3n) is 2.47. The van der Waals surface area contributed by atoms with Crippen LogP contribution in [0.5, 0.6) is 0 Å². The van der Waals surface area contributed by atoms with Crippen LogP contribution in [0.25, 0.3) is 0 Å². The Morgan fingerprint density at radius 1 is 1.23 bits per heavy atom. The van der Waals surface area contributed by atoms with Gasteiger partial charge in [-0.25, -0.2) is 0 Å². The van der Waals surface area contributed by atoms with Gasteiger partial charge < -0.3 is 26.8 Å². The van der Waals surface area contributed by atoms with E-state index >= 15 is 0 Å². The average molecular weight is 307 g/mol. The van der Waals surface area contributed by atoms with Crippen LogP contribution in [0.2, 0.25) is 0 Å². The molecule has 0 aliphatic carbocycles. The quantitative estimate of drug-likeness (QED) is 0.289. The maximum atomic E-state index is 11.9. The van der Waals surface area contributed by atoms with Gasteiger partial charge in [0, 0.05) is 17.8 Å². The molecule has 7 N–H and O–H groups in total. The lowest BCUT2D eigenvalue weighted by Gasteiger charge is -2.08. The molecule has 0 aromatic heterocycles. The summed E-state index contributed by atoms with van der Waals surface area (Å²) in [5.74, 6) is -2.22. The van der Waals surface area contributed by atoms with Crippen molar-refractivity contribution < 1.29 is 19.5 Å². The number of aliphatic carboxylic acids is 1. The van der Waals surface area contributed by atoms with Crippen molar-refractivity contribution in [1.29, 1.82) is 5.41 Å². The van der Waals surface area contributed by atoms with Gasteiger partial charge in [-0.15, -0.1) is 0 Å². The van der Waals surface area contributed by atoms with Gasteiger partial charge in [0.05, 0.1) is 13.0 Å². The van der Waals surface area contributed by atoms with E-state index in [1.54, 1.807) is 18.2 Å². The van der Waals surface area contributed by atoms with E-state index in [-0.39, 0.29) is 25.5 Å². The molecule has 0 radical (unpaired) electrons. The number of carbonyl (C=O) groups is 3. The maximum absolute atomic E-state index is 11.9. The predicted octanol–water partition coefficient (Wildman–Crippen LogP) is -0.687. The summed E-state index contributed by atoms with van der Waals surface area (Å²) in [4.78, 5) is 33.6. The van der Waals surface area contributed by atoms with E-state index in [0.29, 0.717) is 11.3 Å². The van der Waals surface area contributed by atoms with Crippen molar-refractivity contribution in [2.75, 3.05) is 18.4 Å². The Hall–Kier alpha value is -3.10. The third-order valence-corrected chi connectivity index (χ3v) is 2.47. The number of nitrogens with one attached hydrogen (secondary N) is 4. The summed E-state index contributed by atoms with van der Waals surface area (Å²) in [5.41, 5.74) is 5.97. The Morgan fingerprint density at radius 2 is 1.95 bits per heavy atom. The van der Waals surface area contributed by atoms with Crippen LogP contribution in [0.4, 0.5) is 5.69 Å². The molecule has 0 aliphatic heterocycles. The SMILES string of the molecule is N=C(N)Nc1cccc(C(=O)NCC(=O)NCCC(=O)O)c1. The Kier molecular flexibility index (Phi) is 6.35. The summed E-state index contributed by atoms with van der Waals surface area (Å²) in [7, 11) is 0. The second-order valence-corrected chi connectivity index (χ2v) is 4.30. The predicted molar refractivity (Wildman–Crippen MR) is 79.6 cm³/mol. The molecule has 0 heterocycles. The van der Waals surface area contributed by atoms with Crippen LogP contribution < -0.4 is 21.7 Å². The van der Waals surface area contributed by atoms with Gasteiger partial charge in [-0.2, -0.15) is 0 Å². The second-order valence-electron chi connectivity index (χ2n) is 4.30. The third kappa shape index (κ3) is 6.37. The summed E-state index contributed by atoms with van der Waals surface area (Å²) in [6.07, 6.45) is -0.182. The molecule has 0 fully saturated rings. The van der Waals surface area contributed by atoms with Crippen LogP contribution in [0.1, 0.15) is 16.8 Å². The van der Waals surface area contributed by atoms with Gasteiger partial charge in [0.1, 0.15) is 0 Å². The molecule has 2 amide bonds. The fraction of sp³-hybridized carbons (Fsp3) is 0.231. The first-order valence-corrected chi connectivity index (χ1v) is 6.36. The smallest absolute Gasteiger partial charge is 0.305 e. The van der Waals surface area contributed by atoms with Crippen LogP contribution in [-0.2, 0) is 9.59 Å². The highest BCUT2D eigenvalue weighted by atomic mass is 16.4. The average Bonchev–Trinajstić information content (AvgIpc) is 2.44. The number of hydrogen-bond donors (Lipinski definition) is 6. The van der Waals surface area contributed by atoms with E-state index in [1.807, 2.05) is 0 Å². The first-order chi connectivity index (χ1) is 10.4. The molecule has 0 bridgehead atoms. The molecule has 22 heavy (non-hydrogen) atoms. The molecule has 0 spiro atoms. The standard InChI is InChI=1S/C13H17N5O4/c14-13(15)18-9-3-1-2-8(6-9)12(22)17-7-10(19)16-5-4-11(20)21/h1-3,6H,4-5,7H2,(H,16,19)(H,17,22)(H,20,21)(H4,14,15,18). The Labute approximate surface area is 126 Å². The topological polar surface area (TPSA) is 157 Å². The number of nitrogens with two attached hydrogens (primary N) is 1. The number of guanidine groups is 1. The molecular weight excluding hydrogens is 290 g/mol. The molecule has 0 saturated heterocycles. The monoisotopic (exact) mass is 307 g/mol. The molecule has 0 saturated carbocycles. The fourth-order valence-electron chi connectivity index (χ4n) is 1.53. The van der Waals surface area contributed by atoms with Gasteiger partial charge in [-0.3, -0.25) is 19.8 Å². The van der Waals surface area contributed by atoms with E-state index in [0.717, 1.165) is 0 Å². The summed E-state index contributed by atoms with van der Waals surface area (Å²) in [6.45, 7) is -0.259. The van der Waals surface area contributed by atoms with E-state index in [1.165, 1.54) is 6.07 Å².